The number of hydrogen-bond donors (Lipinski definition) is 3. The minimum Gasteiger partial charge on any atom is -0.397 e. The van der Waals surface area contributed by atoms with Gasteiger partial charge in [-0.25, -0.2) is 9.78 Å². The molecule has 0 unspecified atom stereocenters. The van der Waals surface area contributed by atoms with Crippen LogP contribution in [0, 0.1) is 0 Å². The molecule has 3 amide bonds. The SMILES string of the molecule is Nc1ccccc1NC(=O)c1ccc(CN(CCCN2CCOCC2)C(=O)Nc2ccc(N3CCOCC3)nc2)cn1. The Hall–Kier alpha value is -4.26. The number of pyridine rings is 2. The number of nitrogens with zero attached hydrogens (tertiary/aromatic N) is 5. The summed E-state index contributed by atoms with van der Waals surface area (Å²) in [4.78, 5) is 41.3. The number of aromatic nitrogens is 2. The fraction of sp³-hybridized carbons (Fsp3) is 0.400. The van der Waals surface area contributed by atoms with E-state index in [2.05, 4.69) is 30.4 Å². The van der Waals surface area contributed by atoms with Crippen molar-refractivity contribution in [3.63, 3.8) is 0 Å². The minimum absolute atomic E-state index is 0.223. The molecule has 0 spiro atoms. The maximum Gasteiger partial charge on any atom is 0.322 e. The molecule has 12 heteroatoms. The number of benzene rings is 1. The molecule has 0 aliphatic carbocycles. The third kappa shape index (κ3) is 8.15. The number of nitrogen functional groups attached to an aromatic ring is 1. The number of hydrogen-bond acceptors (Lipinski definition) is 9. The lowest BCUT2D eigenvalue weighted by Gasteiger charge is -2.29. The number of carbonyl (C=O) groups is 2. The number of rotatable bonds is 10. The Morgan fingerprint density at radius 3 is 2.33 bits per heavy atom. The smallest absolute Gasteiger partial charge is 0.322 e. The summed E-state index contributed by atoms with van der Waals surface area (Å²) in [5.74, 6) is 0.511. The molecule has 0 bridgehead atoms. The van der Waals surface area contributed by atoms with Crippen LogP contribution in [0.15, 0.2) is 60.9 Å². The third-order valence-corrected chi connectivity index (χ3v) is 7.27. The monoisotopic (exact) mass is 574 g/mol. The van der Waals surface area contributed by atoms with Crippen LogP contribution in [0.3, 0.4) is 0 Å². The van der Waals surface area contributed by atoms with Crippen LogP contribution in [0.4, 0.5) is 27.7 Å². The first-order valence-corrected chi connectivity index (χ1v) is 14.3. The van der Waals surface area contributed by atoms with E-state index < -0.39 is 0 Å². The Bertz CT molecular complexity index is 1310. The summed E-state index contributed by atoms with van der Waals surface area (Å²) in [6.45, 7) is 8.00. The van der Waals surface area contributed by atoms with Gasteiger partial charge in [-0.3, -0.25) is 14.7 Å². The molecule has 0 saturated carbocycles. The molecule has 4 N–H and O–H groups in total. The normalized spacial score (nSPS) is 15.7. The van der Waals surface area contributed by atoms with E-state index in [1.165, 1.54) is 0 Å². The molecule has 2 aromatic heterocycles. The van der Waals surface area contributed by atoms with Gasteiger partial charge in [0, 0.05) is 52.0 Å². The molecule has 2 saturated heterocycles. The van der Waals surface area contributed by atoms with Crippen molar-refractivity contribution in [3.05, 3.63) is 72.2 Å². The van der Waals surface area contributed by atoms with E-state index in [1.807, 2.05) is 18.2 Å². The summed E-state index contributed by atoms with van der Waals surface area (Å²) in [5.41, 5.74) is 8.65. The zero-order valence-corrected chi connectivity index (χ0v) is 23.7. The van der Waals surface area contributed by atoms with Crippen molar-refractivity contribution in [3.8, 4) is 0 Å². The van der Waals surface area contributed by atoms with Crippen molar-refractivity contribution in [1.29, 1.82) is 0 Å². The third-order valence-electron chi connectivity index (χ3n) is 7.27. The molecule has 3 aromatic rings. The Balaban J connectivity index is 1.22. The van der Waals surface area contributed by atoms with Crippen molar-refractivity contribution in [1.82, 2.24) is 19.8 Å². The largest absolute Gasteiger partial charge is 0.397 e. The van der Waals surface area contributed by atoms with Gasteiger partial charge in [-0.2, -0.15) is 0 Å². The quantitative estimate of drug-likeness (QED) is 0.312. The number of urea groups is 1. The van der Waals surface area contributed by atoms with Gasteiger partial charge in [-0.15, -0.1) is 0 Å². The van der Waals surface area contributed by atoms with Crippen LogP contribution in [-0.4, -0.2) is 97.4 Å². The number of carbonyl (C=O) groups excluding carboxylic acids is 2. The number of ether oxygens (including phenoxy) is 2. The van der Waals surface area contributed by atoms with Crippen molar-refractivity contribution in [2.24, 2.45) is 0 Å². The molecule has 2 aliphatic rings. The lowest BCUT2D eigenvalue weighted by Crippen LogP contribution is -2.40. The van der Waals surface area contributed by atoms with Gasteiger partial charge >= 0.3 is 6.03 Å². The Morgan fingerprint density at radius 1 is 0.881 bits per heavy atom. The average Bonchev–Trinajstić information content (AvgIpc) is 3.03. The predicted octanol–water partition coefficient (Wildman–Crippen LogP) is 2.90. The van der Waals surface area contributed by atoms with Gasteiger partial charge in [0.25, 0.3) is 5.91 Å². The number of nitrogens with one attached hydrogen (secondary N) is 2. The highest BCUT2D eigenvalue weighted by molar-refractivity contribution is 6.04. The zero-order chi connectivity index (χ0) is 29.1. The first-order chi connectivity index (χ1) is 20.5. The van der Waals surface area contributed by atoms with Gasteiger partial charge in [0.15, 0.2) is 0 Å². The Kier molecular flexibility index (Phi) is 10.1. The van der Waals surface area contributed by atoms with Gasteiger partial charge in [-0.05, 0) is 42.3 Å². The lowest BCUT2D eigenvalue weighted by atomic mass is 10.2. The molecule has 2 fully saturated rings. The Labute approximate surface area is 245 Å². The van der Waals surface area contributed by atoms with Crippen molar-refractivity contribution in [2.45, 2.75) is 13.0 Å². The highest BCUT2D eigenvalue weighted by Crippen LogP contribution is 2.19. The maximum atomic E-state index is 13.4. The van der Waals surface area contributed by atoms with Crippen LogP contribution in [0.2, 0.25) is 0 Å². The zero-order valence-electron chi connectivity index (χ0n) is 23.7. The number of amides is 3. The summed E-state index contributed by atoms with van der Waals surface area (Å²) in [6, 6.07) is 14.1. The van der Waals surface area contributed by atoms with Gasteiger partial charge in [0.1, 0.15) is 11.5 Å². The molecular weight excluding hydrogens is 536 g/mol. The first-order valence-electron chi connectivity index (χ1n) is 14.3. The van der Waals surface area contributed by atoms with Gasteiger partial charge < -0.3 is 35.6 Å². The number of para-hydroxylation sites is 2. The second kappa shape index (κ2) is 14.6. The number of anilines is 4. The molecule has 4 heterocycles. The summed E-state index contributed by atoms with van der Waals surface area (Å²) in [5, 5.41) is 5.78. The molecular formula is C30H38N8O4. The van der Waals surface area contributed by atoms with Gasteiger partial charge in [0.2, 0.25) is 0 Å². The van der Waals surface area contributed by atoms with Gasteiger partial charge in [0.05, 0.1) is 49.7 Å². The van der Waals surface area contributed by atoms with E-state index in [0.717, 1.165) is 63.7 Å². The molecule has 0 atom stereocenters. The van der Waals surface area contributed by atoms with Gasteiger partial charge in [-0.1, -0.05) is 18.2 Å². The molecule has 42 heavy (non-hydrogen) atoms. The summed E-state index contributed by atoms with van der Waals surface area (Å²) < 4.78 is 10.9. The van der Waals surface area contributed by atoms with E-state index in [1.54, 1.807) is 47.6 Å². The highest BCUT2D eigenvalue weighted by atomic mass is 16.5. The van der Waals surface area contributed by atoms with E-state index in [0.29, 0.717) is 43.4 Å². The first kappa shape index (κ1) is 29.2. The van der Waals surface area contributed by atoms with Crippen LogP contribution >= 0.6 is 0 Å². The Morgan fingerprint density at radius 2 is 1.64 bits per heavy atom. The van der Waals surface area contributed by atoms with E-state index in [-0.39, 0.29) is 17.6 Å². The maximum absolute atomic E-state index is 13.4. The van der Waals surface area contributed by atoms with Crippen LogP contribution < -0.4 is 21.3 Å². The topological polar surface area (TPSA) is 138 Å². The van der Waals surface area contributed by atoms with E-state index >= 15 is 0 Å². The minimum atomic E-state index is -0.354. The molecule has 5 rings (SSSR count). The standard InChI is InChI=1S/C30H38N8O4/c31-25-4-1-2-5-26(25)35-29(39)27-8-6-23(20-32-27)22-38(11-3-10-36-12-16-41-17-13-36)30(40)34-24-7-9-28(33-21-24)37-14-18-42-19-15-37/h1-2,4-9,20-21H,3,10-19,22,31H2,(H,34,40)(H,35,39). The van der Waals surface area contributed by atoms with E-state index in [4.69, 9.17) is 15.2 Å². The molecule has 0 radical (unpaired) electrons. The summed E-state index contributed by atoms with van der Waals surface area (Å²) in [7, 11) is 0. The van der Waals surface area contributed by atoms with Crippen LogP contribution in [0.25, 0.3) is 0 Å². The average molecular weight is 575 g/mol. The van der Waals surface area contributed by atoms with Crippen molar-refractivity contribution >= 4 is 34.8 Å². The van der Waals surface area contributed by atoms with Crippen LogP contribution in [0.5, 0.6) is 0 Å². The molecule has 1 aromatic carbocycles. The second-order valence-corrected chi connectivity index (χ2v) is 10.3. The summed E-state index contributed by atoms with van der Waals surface area (Å²) >= 11 is 0. The van der Waals surface area contributed by atoms with Crippen LogP contribution in [0.1, 0.15) is 22.5 Å². The second-order valence-electron chi connectivity index (χ2n) is 10.3. The lowest BCUT2D eigenvalue weighted by molar-refractivity contribution is 0.0365. The van der Waals surface area contributed by atoms with Crippen LogP contribution in [-0.2, 0) is 16.0 Å². The summed E-state index contributed by atoms with van der Waals surface area (Å²) in [6.07, 6.45) is 4.13. The van der Waals surface area contributed by atoms with Crippen molar-refractivity contribution < 1.29 is 19.1 Å². The van der Waals surface area contributed by atoms with Crippen molar-refractivity contribution in [2.75, 3.05) is 87.0 Å². The molecule has 222 valence electrons. The van der Waals surface area contributed by atoms with E-state index in [9.17, 15) is 9.59 Å². The predicted molar refractivity (Wildman–Crippen MR) is 162 cm³/mol. The number of nitrogens with two attached hydrogens (primary N) is 1. The fourth-order valence-electron chi connectivity index (χ4n) is 4.87. The number of morpholine rings is 2. The fourth-order valence-corrected chi connectivity index (χ4v) is 4.87. The highest BCUT2D eigenvalue weighted by Gasteiger charge is 2.18. The molecule has 12 nitrogen and oxygen atoms in total. The molecule has 2 aliphatic heterocycles.